The molecule has 0 amide bonds. The Morgan fingerprint density at radius 2 is 2.11 bits per heavy atom. The summed E-state index contributed by atoms with van der Waals surface area (Å²) in [6, 6.07) is 5.03. The zero-order valence-corrected chi connectivity index (χ0v) is 11.8. The molecule has 0 fully saturated rings. The second kappa shape index (κ2) is 7.39. The zero-order valence-electron chi connectivity index (χ0n) is 11.0. The van der Waals surface area contributed by atoms with Gasteiger partial charge in [0.15, 0.2) is 5.78 Å². The first-order chi connectivity index (χ1) is 8.63. The molecule has 1 aromatic rings. The second-order valence-electron chi connectivity index (χ2n) is 3.94. The van der Waals surface area contributed by atoms with Crippen molar-refractivity contribution in [1.29, 1.82) is 0 Å². The van der Waals surface area contributed by atoms with Gasteiger partial charge in [0.05, 0.1) is 12.7 Å². The average molecular weight is 271 g/mol. The number of ketones is 1. The van der Waals surface area contributed by atoms with E-state index < -0.39 is 6.10 Å². The molecule has 4 heteroatoms. The molecular weight excluding hydrogens is 252 g/mol. The Morgan fingerprint density at radius 1 is 1.39 bits per heavy atom. The van der Waals surface area contributed by atoms with Crippen LogP contribution in [0.3, 0.4) is 0 Å². The van der Waals surface area contributed by atoms with Crippen molar-refractivity contribution in [2.24, 2.45) is 0 Å². The van der Waals surface area contributed by atoms with Gasteiger partial charge in [0.1, 0.15) is 11.9 Å². The molecule has 0 aliphatic rings. The summed E-state index contributed by atoms with van der Waals surface area (Å²) in [5.41, 5.74) is 0.483. The van der Waals surface area contributed by atoms with E-state index in [1.165, 1.54) is 7.11 Å². The predicted molar refractivity (Wildman–Crippen MR) is 72.7 cm³/mol. The lowest BCUT2D eigenvalue weighted by atomic mass is 10.0. The van der Waals surface area contributed by atoms with Crippen LogP contribution >= 0.6 is 11.6 Å². The number of ether oxygens (including phenoxy) is 2. The number of rotatable bonds is 7. The largest absolute Gasteiger partial charge is 0.496 e. The van der Waals surface area contributed by atoms with Gasteiger partial charge in [-0.3, -0.25) is 4.79 Å². The number of Topliss-reactive ketones (excluding diaryl/α,β-unsaturated/α-hetero) is 1. The highest BCUT2D eigenvalue weighted by molar-refractivity contribution is 6.31. The van der Waals surface area contributed by atoms with Crippen molar-refractivity contribution in [3.05, 3.63) is 28.8 Å². The molecule has 1 rings (SSSR count). The summed E-state index contributed by atoms with van der Waals surface area (Å²) in [5.74, 6) is 0.461. The van der Waals surface area contributed by atoms with Crippen LogP contribution in [0.25, 0.3) is 0 Å². The Bertz CT molecular complexity index is 398. The molecule has 0 heterocycles. The van der Waals surface area contributed by atoms with Crippen LogP contribution in [0, 0.1) is 0 Å². The van der Waals surface area contributed by atoms with Gasteiger partial charge in [-0.05, 0) is 31.5 Å². The van der Waals surface area contributed by atoms with Crippen LogP contribution in [0.1, 0.15) is 37.0 Å². The quantitative estimate of drug-likeness (QED) is 0.708. The first kappa shape index (κ1) is 15.0. The third kappa shape index (κ3) is 3.72. The number of hydrogen-bond donors (Lipinski definition) is 0. The monoisotopic (exact) mass is 270 g/mol. The summed E-state index contributed by atoms with van der Waals surface area (Å²) in [6.07, 6.45) is 1.16. The molecule has 0 bridgehead atoms. The fourth-order valence-corrected chi connectivity index (χ4v) is 1.97. The second-order valence-corrected chi connectivity index (χ2v) is 4.38. The number of halogens is 1. The van der Waals surface area contributed by atoms with E-state index >= 15 is 0 Å². The van der Waals surface area contributed by atoms with Gasteiger partial charge >= 0.3 is 0 Å². The maximum absolute atomic E-state index is 12.4. The number of carbonyl (C=O) groups excluding carboxylic acids is 1. The van der Waals surface area contributed by atoms with Crippen LogP contribution in [0.2, 0.25) is 5.02 Å². The molecule has 1 aromatic carbocycles. The number of carbonyl (C=O) groups is 1. The number of methoxy groups -OCH3 is 1. The maximum atomic E-state index is 12.4. The van der Waals surface area contributed by atoms with Crippen LogP contribution in [-0.4, -0.2) is 25.6 Å². The van der Waals surface area contributed by atoms with Gasteiger partial charge in [0.25, 0.3) is 0 Å². The van der Waals surface area contributed by atoms with Crippen molar-refractivity contribution in [3.8, 4) is 5.75 Å². The van der Waals surface area contributed by atoms with Gasteiger partial charge in [-0.25, -0.2) is 0 Å². The minimum atomic E-state index is -0.424. The standard InChI is InChI=1S/C14H19ClO3/c1-4-6-13(18-5-2)14(16)11-9-10(15)7-8-12(11)17-3/h7-9,13H,4-6H2,1-3H3. The van der Waals surface area contributed by atoms with Gasteiger partial charge in [0.2, 0.25) is 0 Å². The topological polar surface area (TPSA) is 35.5 Å². The van der Waals surface area contributed by atoms with E-state index in [9.17, 15) is 4.79 Å². The molecular formula is C14H19ClO3. The maximum Gasteiger partial charge on any atom is 0.195 e. The molecule has 0 radical (unpaired) electrons. The van der Waals surface area contributed by atoms with E-state index in [-0.39, 0.29) is 5.78 Å². The Morgan fingerprint density at radius 3 is 2.67 bits per heavy atom. The lowest BCUT2D eigenvalue weighted by Crippen LogP contribution is -2.24. The highest BCUT2D eigenvalue weighted by Crippen LogP contribution is 2.25. The third-order valence-corrected chi connectivity index (χ3v) is 2.87. The summed E-state index contributed by atoms with van der Waals surface area (Å²) in [5, 5.41) is 0.519. The van der Waals surface area contributed by atoms with E-state index in [1.807, 2.05) is 13.8 Å². The SMILES string of the molecule is CCCC(OCC)C(=O)c1cc(Cl)ccc1OC. The van der Waals surface area contributed by atoms with Crippen molar-refractivity contribution in [2.45, 2.75) is 32.8 Å². The average Bonchev–Trinajstić information content (AvgIpc) is 2.37. The summed E-state index contributed by atoms with van der Waals surface area (Å²) in [7, 11) is 1.54. The first-order valence-electron chi connectivity index (χ1n) is 6.13. The van der Waals surface area contributed by atoms with E-state index in [1.54, 1.807) is 18.2 Å². The molecule has 18 heavy (non-hydrogen) atoms. The van der Waals surface area contributed by atoms with E-state index in [2.05, 4.69) is 0 Å². The minimum Gasteiger partial charge on any atom is -0.496 e. The van der Waals surface area contributed by atoms with Crippen LogP contribution in [0.4, 0.5) is 0 Å². The van der Waals surface area contributed by atoms with Crippen molar-refractivity contribution < 1.29 is 14.3 Å². The molecule has 0 aromatic heterocycles. The van der Waals surface area contributed by atoms with Crippen molar-refractivity contribution in [3.63, 3.8) is 0 Å². The first-order valence-corrected chi connectivity index (χ1v) is 6.51. The zero-order chi connectivity index (χ0) is 13.5. The molecule has 1 atom stereocenters. The van der Waals surface area contributed by atoms with E-state index in [0.29, 0.717) is 29.4 Å². The normalized spacial score (nSPS) is 12.2. The Kier molecular flexibility index (Phi) is 6.16. The summed E-state index contributed by atoms with van der Waals surface area (Å²) < 4.78 is 10.7. The van der Waals surface area contributed by atoms with Crippen LogP contribution in [-0.2, 0) is 4.74 Å². The number of hydrogen-bond acceptors (Lipinski definition) is 3. The van der Waals surface area contributed by atoms with E-state index in [4.69, 9.17) is 21.1 Å². The molecule has 0 saturated heterocycles. The fourth-order valence-electron chi connectivity index (χ4n) is 1.80. The van der Waals surface area contributed by atoms with Gasteiger partial charge in [0, 0.05) is 11.6 Å². The Hall–Kier alpha value is -1.06. The molecule has 3 nitrogen and oxygen atoms in total. The van der Waals surface area contributed by atoms with Crippen molar-refractivity contribution >= 4 is 17.4 Å². The minimum absolute atomic E-state index is 0.0712. The molecule has 0 saturated carbocycles. The highest BCUT2D eigenvalue weighted by atomic mass is 35.5. The molecule has 0 spiro atoms. The lowest BCUT2D eigenvalue weighted by Gasteiger charge is -2.16. The van der Waals surface area contributed by atoms with Crippen LogP contribution < -0.4 is 4.74 Å². The molecule has 0 aliphatic carbocycles. The molecule has 0 N–H and O–H groups in total. The smallest absolute Gasteiger partial charge is 0.195 e. The van der Waals surface area contributed by atoms with Gasteiger partial charge in [-0.2, -0.15) is 0 Å². The van der Waals surface area contributed by atoms with Crippen LogP contribution in [0.15, 0.2) is 18.2 Å². The van der Waals surface area contributed by atoms with Gasteiger partial charge < -0.3 is 9.47 Å². The fraction of sp³-hybridized carbons (Fsp3) is 0.500. The molecule has 1 unspecified atom stereocenters. The third-order valence-electron chi connectivity index (χ3n) is 2.64. The van der Waals surface area contributed by atoms with Gasteiger partial charge in [-0.15, -0.1) is 0 Å². The summed E-state index contributed by atoms with van der Waals surface area (Å²) >= 11 is 5.93. The molecule has 100 valence electrons. The highest BCUT2D eigenvalue weighted by Gasteiger charge is 2.22. The lowest BCUT2D eigenvalue weighted by molar-refractivity contribution is 0.0421. The summed E-state index contributed by atoms with van der Waals surface area (Å²) in [4.78, 5) is 12.4. The van der Waals surface area contributed by atoms with Crippen LogP contribution in [0.5, 0.6) is 5.75 Å². The van der Waals surface area contributed by atoms with Gasteiger partial charge in [-0.1, -0.05) is 24.9 Å². The van der Waals surface area contributed by atoms with Crippen molar-refractivity contribution in [1.82, 2.24) is 0 Å². The number of benzene rings is 1. The van der Waals surface area contributed by atoms with Crippen molar-refractivity contribution in [2.75, 3.05) is 13.7 Å². The summed E-state index contributed by atoms with van der Waals surface area (Å²) in [6.45, 7) is 4.42. The Balaban J connectivity index is 3.02. The molecule has 0 aliphatic heterocycles. The van der Waals surface area contributed by atoms with E-state index in [0.717, 1.165) is 6.42 Å². The Labute approximate surface area is 113 Å². The predicted octanol–water partition coefficient (Wildman–Crippen LogP) is 3.74.